The summed E-state index contributed by atoms with van der Waals surface area (Å²) < 4.78 is 59.5. The quantitative estimate of drug-likeness (QED) is 0.229. The van der Waals surface area contributed by atoms with Crippen LogP contribution in [0.5, 0.6) is 5.75 Å². The highest BCUT2D eigenvalue weighted by Crippen LogP contribution is 2.38. The maximum Gasteiger partial charge on any atom is 0.287 e. The predicted molar refractivity (Wildman–Crippen MR) is 154 cm³/mol. The smallest absolute Gasteiger partial charge is 0.287 e. The van der Waals surface area contributed by atoms with Crippen molar-refractivity contribution >= 4 is 53.1 Å². The summed E-state index contributed by atoms with van der Waals surface area (Å²) in [7, 11) is -8.10. The van der Waals surface area contributed by atoms with E-state index >= 15 is 0 Å². The van der Waals surface area contributed by atoms with Crippen molar-refractivity contribution in [3.8, 4) is 5.75 Å². The zero-order valence-electron chi connectivity index (χ0n) is 21.0. The Bertz CT molecular complexity index is 1930. The summed E-state index contributed by atoms with van der Waals surface area (Å²) in [5.74, 6) is -0.498. The van der Waals surface area contributed by atoms with Crippen LogP contribution in [0.15, 0.2) is 74.1 Å². The van der Waals surface area contributed by atoms with E-state index in [1.54, 1.807) is 54.6 Å². The second-order valence-electron chi connectivity index (χ2n) is 9.71. The van der Waals surface area contributed by atoms with Gasteiger partial charge in [-0.2, -0.15) is 8.42 Å². The average Bonchev–Trinajstić information content (AvgIpc) is 3.64. The van der Waals surface area contributed by atoms with Gasteiger partial charge in [0.15, 0.2) is 5.84 Å². The Morgan fingerprint density at radius 2 is 1.82 bits per heavy atom. The average molecular weight is 600 g/mol. The van der Waals surface area contributed by atoms with E-state index in [1.165, 1.54) is 10.1 Å². The molecule has 0 bridgehead atoms. The van der Waals surface area contributed by atoms with E-state index in [9.17, 15) is 26.7 Å². The predicted octanol–water partition coefficient (Wildman–Crippen LogP) is 2.90. The molecule has 2 aromatic carbocycles. The van der Waals surface area contributed by atoms with Gasteiger partial charge >= 0.3 is 0 Å². The van der Waals surface area contributed by atoms with Crippen molar-refractivity contribution in [2.45, 2.75) is 30.0 Å². The number of nitrogens with one attached hydrogen (secondary N) is 3. The first kappa shape index (κ1) is 26.5. The number of sulfonamides is 2. The van der Waals surface area contributed by atoms with Crippen molar-refractivity contribution < 1.29 is 21.9 Å². The third-order valence-corrected chi connectivity index (χ3v) is 10.5. The molecule has 3 heterocycles. The zero-order chi connectivity index (χ0) is 28.1. The molecule has 2 aromatic heterocycles. The number of fused-ring (bicyclic) bond motifs is 2. The molecule has 0 unspecified atom stereocenters. The number of aromatic nitrogens is 1. The first-order valence-electron chi connectivity index (χ1n) is 12.5. The molecule has 0 radical (unpaired) electrons. The molecule has 208 valence electrons. The number of para-hydroxylation sites is 1. The van der Waals surface area contributed by atoms with E-state index in [0.717, 1.165) is 24.2 Å². The lowest BCUT2D eigenvalue weighted by Crippen LogP contribution is -2.37. The van der Waals surface area contributed by atoms with Crippen molar-refractivity contribution in [3.63, 3.8) is 0 Å². The summed E-state index contributed by atoms with van der Waals surface area (Å²) in [6, 6.07) is 15.4. The van der Waals surface area contributed by atoms with E-state index in [1.807, 2.05) is 0 Å². The Morgan fingerprint density at radius 1 is 1.10 bits per heavy atom. The number of hydrogen-bond donors (Lipinski definition) is 4. The lowest BCUT2D eigenvalue weighted by atomic mass is 10.1. The van der Waals surface area contributed by atoms with Crippen molar-refractivity contribution in [2.75, 3.05) is 17.3 Å². The highest BCUT2D eigenvalue weighted by molar-refractivity contribution is 7.91. The third kappa shape index (κ3) is 5.10. The first-order chi connectivity index (χ1) is 19.1. The summed E-state index contributed by atoms with van der Waals surface area (Å²) >= 11 is 1.04. The summed E-state index contributed by atoms with van der Waals surface area (Å²) in [6.45, 7) is 0.302. The molecule has 1 saturated carbocycles. The zero-order valence-corrected chi connectivity index (χ0v) is 23.4. The van der Waals surface area contributed by atoms with Gasteiger partial charge in [0.25, 0.3) is 15.6 Å². The van der Waals surface area contributed by atoms with E-state index in [2.05, 4.69) is 19.9 Å². The van der Waals surface area contributed by atoms with Crippen LogP contribution in [-0.2, 0) is 32.3 Å². The molecule has 2 aliphatic rings. The Kier molecular flexibility index (Phi) is 6.65. The summed E-state index contributed by atoms with van der Waals surface area (Å²) in [6.07, 6.45) is 2.12. The maximum absolute atomic E-state index is 13.6. The normalized spacial score (nSPS) is 16.2. The van der Waals surface area contributed by atoms with Crippen LogP contribution in [0, 0.1) is 5.92 Å². The van der Waals surface area contributed by atoms with Gasteiger partial charge in [0.1, 0.15) is 21.2 Å². The first-order valence-corrected chi connectivity index (χ1v) is 16.4. The van der Waals surface area contributed by atoms with Gasteiger partial charge in [-0.3, -0.25) is 4.79 Å². The Hall–Kier alpha value is -3.72. The SMILES string of the molecule is O=c1c(C2=NS(=O)(=O)c3c(CNS(=O)(=O)Cc4ccccc4)csc3N2)c(O)c2ccccc2n1NCC1CC1. The second-order valence-corrected chi connectivity index (χ2v) is 13.9. The van der Waals surface area contributed by atoms with Gasteiger partial charge in [-0.05, 0) is 41.8 Å². The number of rotatable bonds is 9. The Morgan fingerprint density at radius 3 is 2.58 bits per heavy atom. The number of aromatic hydroxyl groups is 1. The molecule has 4 aromatic rings. The molecule has 1 aliphatic heterocycles. The molecular formula is C26H25N5O6S3. The fraction of sp³-hybridized carbons (Fsp3) is 0.231. The van der Waals surface area contributed by atoms with E-state index in [-0.39, 0.29) is 44.9 Å². The van der Waals surface area contributed by atoms with Gasteiger partial charge in [-0.1, -0.05) is 42.5 Å². The maximum atomic E-state index is 13.6. The van der Waals surface area contributed by atoms with Crippen molar-refractivity contribution in [1.29, 1.82) is 0 Å². The number of anilines is 1. The molecule has 4 N–H and O–H groups in total. The Balaban J connectivity index is 1.33. The van der Waals surface area contributed by atoms with Crippen LogP contribution < -0.4 is 21.0 Å². The topological polar surface area (TPSA) is 159 Å². The molecule has 0 saturated heterocycles. The monoisotopic (exact) mass is 599 g/mol. The van der Waals surface area contributed by atoms with E-state index < -0.39 is 25.6 Å². The summed E-state index contributed by atoms with van der Waals surface area (Å²) in [5, 5.41) is 16.0. The molecule has 40 heavy (non-hydrogen) atoms. The minimum absolute atomic E-state index is 0.170. The van der Waals surface area contributed by atoms with Crippen molar-refractivity contribution in [1.82, 2.24) is 9.40 Å². The lowest BCUT2D eigenvalue weighted by Gasteiger charge is -2.20. The van der Waals surface area contributed by atoms with Crippen molar-refractivity contribution in [2.24, 2.45) is 10.3 Å². The molecule has 1 fully saturated rings. The standard InChI is InChI=1S/C26H25N5O6S3/c32-22-19-8-4-5-9-20(19)31(27-12-16-10-11-16)26(33)21(22)24-29-25-23(40(36,37)30-24)18(14-38-25)13-28-39(34,35)15-17-6-2-1-3-7-17/h1-9,14,16,27-28,32H,10-13,15H2,(H,29,30). The summed E-state index contributed by atoms with van der Waals surface area (Å²) in [4.78, 5) is 13.4. The minimum atomic E-state index is -4.35. The van der Waals surface area contributed by atoms with Gasteiger partial charge < -0.3 is 15.8 Å². The molecule has 11 nitrogen and oxygen atoms in total. The molecular weight excluding hydrogens is 575 g/mol. The third-order valence-electron chi connectivity index (χ3n) is 6.73. The number of thiophene rings is 1. The van der Waals surface area contributed by atoms with Crippen LogP contribution in [0.25, 0.3) is 10.9 Å². The minimum Gasteiger partial charge on any atom is -0.506 e. The molecule has 0 atom stereocenters. The van der Waals surface area contributed by atoms with Crippen LogP contribution in [-0.4, -0.2) is 39.0 Å². The van der Waals surface area contributed by atoms with Crippen LogP contribution in [0.3, 0.4) is 0 Å². The molecule has 0 spiro atoms. The molecule has 14 heteroatoms. The summed E-state index contributed by atoms with van der Waals surface area (Å²) in [5.41, 5.74) is 3.46. The van der Waals surface area contributed by atoms with Crippen molar-refractivity contribution in [3.05, 3.63) is 87.0 Å². The lowest BCUT2D eigenvalue weighted by molar-refractivity contribution is 0.478. The number of benzene rings is 2. The number of hydrogen-bond acceptors (Lipinski definition) is 9. The van der Waals surface area contributed by atoms with Gasteiger partial charge in [0, 0.05) is 24.0 Å². The van der Waals surface area contributed by atoms with E-state index in [4.69, 9.17) is 0 Å². The van der Waals surface area contributed by atoms with Crippen LogP contribution in [0.2, 0.25) is 0 Å². The van der Waals surface area contributed by atoms with Crippen LogP contribution >= 0.6 is 11.3 Å². The fourth-order valence-electron chi connectivity index (χ4n) is 4.55. The number of nitrogens with zero attached hydrogens (tertiary/aromatic N) is 2. The second kappa shape index (κ2) is 10.0. The highest BCUT2D eigenvalue weighted by atomic mass is 32.2. The van der Waals surface area contributed by atoms with Gasteiger partial charge in [0.2, 0.25) is 10.0 Å². The van der Waals surface area contributed by atoms with Crippen LogP contribution in [0.1, 0.15) is 29.5 Å². The molecule has 6 rings (SSSR count). The fourth-order valence-corrected chi connectivity index (χ4v) is 8.26. The van der Waals surface area contributed by atoms with Gasteiger partial charge in [-0.15, -0.1) is 15.7 Å². The number of amidine groups is 1. The number of pyridine rings is 1. The molecule has 0 amide bonds. The highest BCUT2D eigenvalue weighted by Gasteiger charge is 2.34. The van der Waals surface area contributed by atoms with Gasteiger partial charge in [0.05, 0.1) is 11.3 Å². The Labute approximate surface area is 234 Å². The largest absolute Gasteiger partial charge is 0.506 e. The van der Waals surface area contributed by atoms with E-state index in [0.29, 0.717) is 28.9 Å². The van der Waals surface area contributed by atoms with Crippen LogP contribution in [0.4, 0.5) is 5.00 Å². The molecule has 1 aliphatic carbocycles. The van der Waals surface area contributed by atoms with Gasteiger partial charge in [-0.25, -0.2) is 17.8 Å².